The zero-order valence-corrected chi connectivity index (χ0v) is 6.87. The first-order chi connectivity index (χ1) is 5.41. The molecule has 0 aliphatic carbocycles. The predicted molar refractivity (Wildman–Crippen MR) is 52.2 cm³/mol. The topological polar surface area (TPSA) is 0 Å². The van der Waals surface area contributed by atoms with Crippen molar-refractivity contribution in [3.05, 3.63) is 56.0 Å². The summed E-state index contributed by atoms with van der Waals surface area (Å²) in [6.45, 7) is 7.19. The fourth-order valence-corrected chi connectivity index (χ4v) is 0.603. The standard InChI is InChI=1S/C11H15/c1-3-5-7-9-11-10-8-6-4-2/h3-5,7-10H,1-2,6,11H2. The smallest absolute Gasteiger partial charge is 0.0166 e. The molecule has 0 amide bonds. The minimum absolute atomic E-state index is 0.957. The predicted octanol–water partition coefficient (Wildman–Crippen LogP) is 3.46. The molecule has 0 bridgehead atoms. The Labute approximate surface area is 69.6 Å². The van der Waals surface area contributed by atoms with Crippen LogP contribution in [0.1, 0.15) is 12.8 Å². The Morgan fingerprint density at radius 3 is 2.27 bits per heavy atom. The second-order valence-electron chi connectivity index (χ2n) is 2.09. The van der Waals surface area contributed by atoms with Crippen LogP contribution in [-0.2, 0) is 0 Å². The molecular formula is C11H15. The van der Waals surface area contributed by atoms with Crippen molar-refractivity contribution in [3.8, 4) is 0 Å². The van der Waals surface area contributed by atoms with Crippen LogP contribution in [0.5, 0.6) is 0 Å². The van der Waals surface area contributed by atoms with E-state index in [2.05, 4.69) is 31.7 Å². The third kappa shape index (κ3) is 8.96. The van der Waals surface area contributed by atoms with Gasteiger partial charge in [-0.2, -0.15) is 0 Å². The summed E-state index contributed by atoms with van der Waals surface area (Å²) < 4.78 is 0. The fourth-order valence-electron chi connectivity index (χ4n) is 0.603. The van der Waals surface area contributed by atoms with Gasteiger partial charge in [-0.1, -0.05) is 42.5 Å². The lowest BCUT2D eigenvalue weighted by Crippen LogP contribution is -1.58. The lowest BCUT2D eigenvalue weighted by atomic mass is 10.3. The molecule has 0 aromatic carbocycles. The Morgan fingerprint density at radius 1 is 0.909 bits per heavy atom. The molecule has 0 aromatic heterocycles. The Kier molecular flexibility index (Phi) is 8.11. The molecule has 0 unspecified atom stereocenters. The van der Waals surface area contributed by atoms with Crippen LogP contribution in [-0.4, -0.2) is 0 Å². The Balaban J connectivity index is 3.32. The van der Waals surface area contributed by atoms with Gasteiger partial charge in [-0.15, -0.1) is 6.58 Å². The summed E-state index contributed by atoms with van der Waals surface area (Å²) in [6, 6.07) is 0. The maximum atomic E-state index is 3.62. The Morgan fingerprint density at radius 2 is 1.64 bits per heavy atom. The SMILES string of the molecule is [CH2]C=CC=CCC=CCC=C. The van der Waals surface area contributed by atoms with Gasteiger partial charge in [-0.25, -0.2) is 0 Å². The quantitative estimate of drug-likeness (QED) is 0.412. The number of hydrogen-bond donors (Lipinski definition) is 0. The molecule has 0 heterocycles. The molecule has 0 heteroatoms. The van der Waals surface area contributed by atoms with E-state index in [1.165, 1.54) is 0 Å². The molecule has 0 spiro atoms. The lowest BCUT2D eigenvalue weighted by Gasteiger charge is -1.79. The van der Waals surface area contributed by atoms with Crippen LogP contribution in [0.2, 0.25) is 0 Å². The average molecular weight is 147 g/mol. The average Bonchev–Trinajstić information content (AvgIpc) is 2.03. The van der Waals surface area contributed by atoms with Gasteiger partial charge in [0, 0.05) is 0 Å². The Hall–Kier alpha value is -1.04. The van der Waals surface area contributed by atoms with Gasteiger partial charge in [0.2, 0.25) is 0 Å². The molecule has 0 fully saturated rings. The fraction of sp³-hybridized carbons (Fsp3) is 0.182. The minimum Gasteiger partial charge on any atom is -0.103 e. The number of hydrogen-bond acceptors (Lipinski definition) is 0. The van der Waals surface area contributed by atoms with Crippen molar-refractivity contribution in [1.29, 1.82) is 0 Å². The molecule has 0 aromatic rings. The normalized spacial score (nSPS) is 12.1. The van der Waals surface area contributed by atoms with Crippen LogP contribution in [0.3, 0.4) is 0 Å². The van der Waals surface area contributed by atoms with E-state index >= 15 is 0 Å². The molecule has 0 saturated carbocycles. The van der Waals surface area contributed by atoms with E-state index in [-0.39, 0.29) is 0 Å². The minimum atomic E-state index is 0.957. The van der Waals surface area contributed by atoms with Crippen molar-refractivity contribution in [3.63, 3.8) is 0 Å². The summed E-state index contributed by atoms with van der Waals surface area (Å²) in [5.41, 5.74) is 0. The van der Waals surface area contributed by atoms with Crippen LogP contribution in [0.4, 0.5) is 0 Å². The summed E-state index contributed by atoms with van der Waals surface area (Å²) in [6.07, 6.45) is 15.8. The van der Waals surface area contributed by atoms with Gasteiger partial charge in [0.25, 0.3) is 0 Å². The molecule has 0 aliphatic rings. The van der Waals surface area contributed by atoms with Crippen LogP contribution in [0, 0.1) is 6.92 Å². The van der Waals surface area contributed by atoms with Gasteiger partial charge in [-0.05, 0) is 19.8 Å². The first kappa shape index (κ1) is 9.96. The van der Waals surface area contributed by atoms with Crippen molar-refractivity contribution < 1.29 is 0 Å². The van der Waals surface area contributed by atoms with Crippen molar-refractivity contribution in [1.82, 2.24) is 0 Å². The van der Waals surface area contributed by atoms with E-state index in [1.54, 1.807) is 6.08 Å². The zero-order valence-electron chi connectivity index (χ0n) is 6.87. The molecule has 0 rings (SSSR count). The zero-order chi connectivity index (χ0) is 8.36. The molecule has 0 nitrogen and oxygen atoms in total. The first-order valence-corrected chi connectivity index (χ1v) is 3.78. The van der Waals surface area contributed by atoms with Gasteiger partial charge < -0.3 is 0 Å². The highest BCUT2D eigenvalue weighted by atomic mass is 13.8. The molecule has 1 radical (unpaired) electrons. The molecular weight excluding hydrogens is 132 g/mol. The van der Waals surface area contributed by atoms with Gasteiger partial charge >= 0.3 is 0 Å². The monoisotopic (exact) mass is 147 g/mol. The highest BCUT2D eigenvalue weighted by Gasteiger charge is 1.68. The van der Waals surface area contributed by atoms with Crippen molar-refractivity contribution in [2.75, 3.05) is 0 Å². The number of rotatable bonds is 5. The summed E-state index contributed by atoms with van der Waals surface area (Å²) in [5, 5.41) is 0. The highest BCUT2D eigenvalue weighted by Crippen LogP contribution is 1.89. The van der Waals surface area contributed by atoms with Gasteiger partial charge in [0.1, 0.15) is 0 Å². The molecule has 59 valence electrons. The van der Waals surface area contributed by atoms with Gasteiger partial charge in [0.05, 0.1) is 0 Å². The maximum Gasteiger partial charge on any atom is -0.0166 e. The summed E-state index contributed by atoms with van der Waals surface area (Å²) in [7, 11) is 0. The van der Waals surface area contributed by atoms with Gasteiger partial charge in [0.15, 0.2) is 0 Å². The van der Waals surface area contributed by atoms with E-state index in [1.807, 2.05) is 18.2 Å². The second-order valence-corrected chi connectivity index (χ2v) is 2.09. The van der Waals surface area contributed by atoms with E-state index in [0.29, 0.717) is 0 Å². The largest absolute Gasteiger partial charge is 0.103 e. The molecule has 0 atom stereocenters. The van der Waals surface area contributed by atoms with Gasteiger partial charge in [-0.3, -0.25) is 0 Å². The van der Waals surface area contributed by atoms with Crippen molar-refractivity contribution in [2.24, 2.45) is 0 Å². The number of allylic oxidation sites excluding steroid dienone is 7. The summed E-state index contributed by atoms with van der Waals surface area (Å²) in [5.74, 6) is 0. The Bertz CT molecular complexity index is 159. The maximum absolute atomic E-state index is 3.62. The second kappa shape index (κ2) is 8.96. The van der Waals surface area contributed by atoms with Crippen LogP contribution in [0.15, 0.2) is 49.1 Å². The summed E-state index contributed by atoms with van der Waals surface area (Å²) >= 11 is 0. The van der Waals surface area contributed by atoms with Crippen LogP contribution < -0.4 is 0 Å². The van der Waals surface area contributed by atoms with E-state index in [9.17, 15) is 0 Å². The molecule has 0 aliphatic heterocycles. The summed E-state index contributed by atoms with van der Waals surface area (Å²) in [4.78, 5) is 0. The van der Waals surface area contributed by atoms with E-state index in [4.69, 9.17) is 0 Å². The molecule has 0 N–H and O–H groups in total. The van der Waals surface area contributed by atoms with Crippen LogP contribution >= 0.6 is 0 Å². The molecule has 0 saturated heterocycles. The van der Waals surface area contributed by atoms with E-state index in [0.717, 1.165) is 12.8 Å². The molecule has 11 heavy (non-hydrogen) atoms. The highest BCUT2D eigenvalue weighted by molar-refractivity contribution is 5.05. The third-order valence-electron chi connectivity index (χ3n) is 1.12. The van der Waals surface area contributed by atoms with Crippen molar-refractivity contribution in [2.45, 2.75) is 12.8 Å². The van der Waals surface area contributed by atoms with Crippen molar-refractivity contribution >= 4 is 0 Å². The van der Waals surface area contributed by atoms with Crippen LogP contribution in [0.25, 0.3) is 0 Å². The lowest BCUT2D eigenvalue weighted by molar-refractivity contribution is 1.32. The van der Waals surface area contributed by atoms with E-state index < -0.39 is 0 Å². The first-order valence-electron chi connectivity index (χ1n) is 3.78. The third-order valence-corrected chi connectivity index (χ3v) is 1.12.